The Morgan fingerprint density at radius 3 is 2.67 bits per heavy atom. The fraction of sp³-hybridized carbons (Fsp3) is 0.111. The summed E-state index contributed by atoms with van der Waals surface area (Å²) in [6.45, 7) is 0. The van der Waals surface area contributed by atoms with E-state index in [0.29, 0.717) is 0 Å². The van der Waals surface area contributed by atoms with Crippen LogP contribution in [0.5, 0.6) is 0 Å². The molecule has 18 heavy (non-hydrogen) atoms. The first-order valence-corrected chi connectivity index (χ1v) is 4.72. The molecule has 0 saturated carbocycles. The highest BCUT2D eigenvalue weighted by atomic mass is 16.6. The van der Waals surface area contributed by atoms with Crippen LogP contribution in [0.2, 0.25) is 0 Å². The van der Waals surface area contributed by atoms with Crippen molar-refractivity contribution < 1.29 is 4.92 Å². The van der Waals surface area contributed by atoms with Crippen molar-refractivity contribution in [2.24, 2.45) is 7.05 Å². The molecule has 0 aliphatic carbocycles. The first kappa shape index (κ1) is 11.5. The van der Waals surface area contributed by atoms with Gasteiger partial charge in [-0.3, -0.25) is 10.1 Å². The Hall–Kier alpha value is -3.02. The lowest BCUT2D eigenvalue weighted by molar-refractivity contribution is -0.384. The fourth-order valence-corrected chi connectivity index (χ4v) is 1.37. The number of hydrogen-bond acceptors (Lipinski definition) is 6. The highest BCUT2D eigenvalue weighted by Crippen LogP contribution is 2.19. The summed E-state index contributed by atoms with van der Waals surface area (Å²) >= 11 is 0. The molecule has 0 unspecified atom stereocenters. The van der Waals surface area contributed by atoms with Crippen LogP contribution in [0.25, 0.3) is 5.69 Å². The molecule has 0 aliphatic heterocycles. The Labute approximate surface area is 99.6 Å². The SMILES string of the molecule is Cn1nnn(-c2cc([N+](=O)[O-])ccc2C#N)c1=O. The Bertz CT molecular complexity index is 723. The van der Waals surface area contributed by atoms with Gasteiger partial charge < -0.3 is 0 Å². The number of benzene rings is 1. The first-order valence-electron chi connectivity index (χ1n) is 4.72. The summed E-state index contributed by atoms with van der Waals surface area (Å²) in [5.41, 5.74) is -0.693. The van der Waals surface area contributed by atoms with Crippen molar-refractivity contribution in [1.82, 2.24) is 19.8 Å². The molecule has 1 heterocycles. The number of hydrogen-bond donors (Lipinski definition) is 0. The molecular formula is C9H6N6O3. The summed E-state index contributed by atoms with van der Waals surface area (Å²) in [6, 6.07) is 5.39. The van der Waals surface area contributed by atoms with E-state index >= 15 is 0 Å². The van der Waals surface area contributed by atoms with Gasteiger partial charge >= 0.3 is 5.69 Å². The minimum atomic E-state index is -0.619. The van der Waals surface area contributed by atoms with Crippen LogP contribution in [0, 0.1) is 21.4 Å². The van der Waals surface area contributed by atoms with Crippen molar-refractivity contribution in [3.8, 4) is 11.8 Å². The van der Waals surface area contributed by atoms with Gasteiger partial charge in [0.15, 0.2) is 0 Å². The molecule has 0 aliphatic rings. The second kappa shape index (κ2) is 4.10. The number of rotatable bonds is 2. The summed E-state index contributed by atoms with van der Waals surface area (Å²) in [4.78, 5) is 21.7. The molecule has 0 saturated heterocycles. The van der Waals surface area contributed by atoms with Gasteiger partial charge in [0, 0.05) is 19.2 Å². The number of nitrogens with zero attached hydrogens (tertiary/aromatic N) is 6. The zero-order valence-electron chi connectivity index (χ0n) is 9.14. The largest absolute Gasteiger partial charge is 0.368 e. The van der Waals surface area contributed by atoms with E-state index in [1.807, 2.05) is 6.07 Å². The van der Waals surface area contributed by atoms with E-state index < -0.39 is 10.6 Å². The van der Waals surface area contributed by atoms with E-state index in [0.717, 1.165) is 15.4 Å². The summed E-state index contributed by atoms with van der Waals surface area (Å²) in [5.74, 6) is 0. The third kappa shape index (κ3) is 1.71. The lowest BCUT2D eigenvalue weighted by Gasteiger charge is -2.00. The average molecular weight is 246 g/mol. The highest BCUT2D eigenvalue weighted by Gasteiger charge is 2.15. The van der Waals surface area contributed by atoms with Crippen molar-refractivity contribution in [1.29, 1.82) is 5.26 Å². The minimum absolute atomic E-state index is 0.0322. The van der Waals surface area contributed by atoms with Crippen LogP contribution < -0.4 is 5.69 Å². The lowest BCUT2D eigenvalue weighted by Crippen LogP contribution is -2.22. The zero-order valence-corrected chi connectivity index (χ0v) is 9.14. The van der Waals surface area contributed by atoms with Crippen molar-refractivity contribution in [2.75, 3.05) is 0 Å². The van der Waals surface area contributed by atoms with E-state index in [-0.39, 0.29) is 16.9 Å². The molecule has 0 atom stereocenters. The number of nitro groups is 1. The molecule has 9 heteroatoms. The molecule has 0 fully saturated rings. The Balaban J connectivity index is 2.73. The summed E-state index contributed by atoms with van der Waals surface area (Å²) < 4.78 is 1.80. The third-order valence-electron chi connectivity index (χ3n) is 2.26. The standard InChI is InChI=1S/C9H6N6O3/c1-13-9(16)14(12-11-13)8-4-7(15(17)18)3-2-6(8)5-10/h2-4H,1H3. The van der Waals surface area contributed by atoms with Crippen LogP contribution in [0.3, 0.4) is 0 Å². The molecule has 0 amide bonds. The van der Waals surface area contributed by atoms with Crippen LogP contribution in [-0.4, -0.2) is 24.7 Å². The smallest absolute Gasteiger partial charge is 0.258 e. The Kier molecular flexibility index (Phi) is 2.61. The second-order valence-electron chi connectivity index (χ2n) is 3.37. The van der Waals surface area contributed by atoms with Gasteiger partial charge in [-0.05, 0) is 16.5 Å². The van der Waals surface area contributed by atoms with Crippen molar-refractivity contribution in [2.45, 2.75) is 0 Å². The molecule has 0 radical (unpaired) electrons. The number of tetrazole rings is 1. The van der Waals surface area contributed by atoms with Crippen LogP contribution in [0.4, 0.5) is 5.69 Å². The molecule has 1 aromatic carbocycles. The normalized spacial score (nSPS) is 10.0. The maximum Gasteiger partial charge on any atom is 0.368 e. The summed E-state index contributed by atoms with van der Waals surface area (Å²) in [5, 5.41) is 26.6. The number of aryl methyl sites for hydroxylation is 1. The van der Waals surface area contributed by atoms with Gasteiger partial charge in [-0.1, -0.05) is 0 Å². The quantitative estimate of drug-likeness (QED) is 0.532. The van der Waals surface area contributed by atoms with E-state index in [2.05, 4.69) is 10.4 Å². The van der Waals surface area contributed by atoms with Crippen molar-refractivity contribution >= 4 is 5.69 Å². The number of non-ortho nitro benzene ring substituents is 1. The Morgan fingerprint density at radius 2 is 2.17 bits per heavy atom. The van der Waals surface area contributed by atoms with E-state index in [4.69, 9.17) is 5.26 Å². The third-order valence-corrected chi connectivity index (χ3v) is 2.26. The van der Waals surface area contributed by atoms with E-state index in [9.17, 15) is 14.9 Å². The lowest BCUT2D eigenvalue weighted by atomic mass is 10.2. The zero-order chi connectivity index (χ0) is 13.3. The minimum Gasteiger partial charge on any atom is -0.258 e. The number of nitro benzene ring substituents is 1. The fourth-order valence-electron chi connectivity index (χ4n) is 1.37. The van der Waals surface area contributed by atoms with Crippen LogP contribution in [-0.2, 0) is 7.05 Å². The predicted octanol–water partition coefficient (Wildman–Crippen LogP) is -0.254. The first-order chi connectivity index (χ1) is 8.54. The van der Waals surface area contributed by atoms with Gasteiger partial charge in [0.25, 0.3) is 5.69 Å². The molecule has 0 N–H and O–H groups in total. The molecule has 9 nitrogen and oxygen atoms in total. The van der Waals surface area contributed by atoms with Crippen LogP contribution in [0.15, 0.2) is 23.0 Å². The number of nitriles is 1. The van der Waals surface area contributed by atoms with Gasteiger partial charge in [-0.2, -0.15) is 14.6 Å². The average Bonchev–Trinajstić information content (AvgIpc) is 2.69. The van der Waals surface area contributed by atoms with Crippen LogP contribution in [0.1, 0.15) is 5.56 Å². The van der Waals surface area contributed by atoms with Gasteiger partial charge in [0.05, 0.1) is 16.2 Å². The second-order valence-corrected chi connectivity index (χ2v) is 3.37. The molecule has 1 aromatic heterocycles. The van der Waals surface area contributed by atoms with Gasteiger partial charge in [-0.15, -0.1) is 0 Å². The monoisotopic (exact) mass is 246 g/mol. The molecule has 2 rings (SSSR count). The van der Waals surface area contributed by atoms with Crippen molar-refractivity contribution in [3.63, 3.8) is 0 Å². The molecule has 0 bridgehead atoms. The molecular weight excluding hydrogens is 240 g/mol. The summed E-state index contributed by atoms with van der Waals surface area (Å²) in [6.07, 6.45) is 0. The summed E-state index contributed by atoms with van der Waals surface area (Å²) in [7, 11) is 1.38. The molecule has 90 valence electrons. The predicted molar refractivity (Wildman–Crippen MR) is 58.0 cm³/mol. The number of aromatic nitrogens is 4. The highest BCUT2D eigenvalue weighted by molar-refractivity contribution is 5.53. The maximum absolute atomic E-state index is 11.6. The van der Waals surface area contributed by atoms with Crippen molar-refractivity contribution in [3.05, 3.63) is 44.4 Å². The van der Waals surface area contributed by atoms with Crippen LogP contribution >= 0.6 is 0 Å². The van der Waals surface area contributed by atoms with E-state index in [1.165, 1.54) is 19.2 Å². The maximum atomic E-state index is 11.6. The molecule has 0 spiro atoms. The topological polar surface area (TPSA) is 120 Å². The van der Waals surface area contributed by atoms with Gasteiger partial charge in [-0.25, -0.2) is 4.79 Å². The Morgan fingerprint density at radius 1 is 1.44 bits per heavy atom. The van der Waals surface area contributed by atoms with Gasteiger partial charge in [0.2, 0.25) is 0 Å². The van der Waals surface area contributed by atoms with Gasteiger partial charge in [0.1, 0.15) is 6.07 Å². The molecule has 2 aromatic rings. The van der Waals surface area contributed by atoms with E-state index in [1.54, 1.807) is 0 Å².